The van der Waals surface area contributed by atoms with Gasteiger partial charge in [0.05, 0.1) is 27.7 Å². The zero-order chi connectivity index (χ0) is 42.1. The molecule has 0 aromatic carbocycles. The lowest BCUT2D eigenvalue weighted by Crippen LogP contribution is -2.37. The van der Waals surface area contributed by atoms with Gasteiger partial charge in [0.25, 0.3) is 7.82 Å². The first kappa shape index (κ1) is 53.4. The fraction of sp³-hybridized carbons (Fsp3) is 0.532. The Morgan fingerprint density at radius 3 is 1.61 bits per heavy atom. The van der Waals surface area contributed by atoms with E-state index in [9.17, 15) is 19.0 Å². The van der Waals surface area contributed by atoms with Gasteiger partial charge in [-0.2, -0.15) is 0 Å². The van der Waals surface area contributed by atoms with Gasteiger partial charge >= 0.3 is 11.9 Å². The Bertz CT molecular complexity index is 1380. The molecule has 0 saturated heterocycles. The average molecular weight is 812 g/mol. The van der Waals surface area contributed by atoms with Crippen molar-refractivity contribution in [2.75, 3.05) is 47.5 Å². The number of rotatable bonds is 35. The van der Waals surface area contributed by atoms with Gasteiger partial charge in [-0.15, -0.1) is 0 Å². The Balaban J connectivity index is 4.56. The minimum Gasteiger partial charge on any atom is -0.756 e. The van der Waals surface area contributed by atoms with Crippen LogP contribution in [-0.2, 0) is 32.7 Å². The highest BCUT2D eigenvalue weighted by Crippen LogP contribution is 2.38. The van der Waals surface area contributed by atoms with E-state index in [1.165, 1.54) is 0 Å². The van der Waals surface area contributed by atoms with E-state index in [-0.39, 0.29) is 26.1 Å². The topological polar surface area (TPSA) is 111 Å². The van der Waals surface area contributed by atoms with Crippen LogP contribution in [0.2, 0.25) is 0 Å². The molecule has 0 saturated carbocycles. The first-order valence-electron chi connectivity index (χ1n) is 20.8. The molecule has 0 N–H and O–H groups in total. The van der Waals surface area contributed by atoms with Crippen LogP contribution < -0.4 is 4.89 Å². The number of hydrogen-bond acceptors (Lipinski definition) is 8. The summed E-state index contributed by atoms with van der Waals surface area (Å²) >= 11 is 0. The molecule has 57 heavy (non-hydrogen) atoms. The van der Waals surface area contributed by atoms with Crippen LogP contribution in [-0.4, -0.2) is 70.0 Å². The number of phosphoric acid groups is 1. The summed E-state index contributed by atoms with van der Waals surface area (Å²) in [4.78, 5) is 37.4. The van der Waals surface area contributed by atoms with E-state index in [0.717, 1.165) is 64.2 Å². The smallest absolute Gasteiger partial charge is 0.306 e. The summed E-state index contributed by atoms with van der Waals surface area (Å²) in [5.41, 5.74) is 0. The lowest BCUT2D eigenvalue weighted by Gasteiger charge is -2.28. The molecule has 0 amide bonds. The molecule has 0 aliphatic rings. The molecule has 0 aliphatic heterocycles. The molecule has 2 unspecified atom stereocenters. The molecule has 0 aromatic heterocycles. The molecule has 0 rings (SSSR count). The van der Waals surface area contributed by atoms with Crippen molar-refractivity contribution in [2.24, 2.45) is 0 Å². The summed E-state index contributed by atoms with van der Waals surface area (Å²) in [6.45, 7) is 3.80. The van der Waals surface area contributed by atoms with Crippen LogP contribution in [0.4, 0.5) is 0 Å². The van der Waals surface area contributed by atoms with Crippen LogP contribution >= 0.6 is 7.82 Å². The van der Waals surface area contributed by atoms with E-state index >= 15 is 0 Å². The van der Waals surface area contributed by atoms with Crippen molar-refractivity contribution in [3.8, 4) is 0 Å². The van der Waals surface area contributed by atoms with E-state index in [2.05, 4.69) is 92.8 Å². The largest absolute Gasteiger partial charge is 0.756 e. The molecule has 0 aliphatic carbocycles. The van der Waals surface area contributed by atoms with E-state index in [1.54, 1.807) is 0 Å². The predicted octanol–water partition coefficient (Wildman–Crippen LogP) is 11.1. The van der Waals surface area contributed by atoms with Gasteiger partial charge in [-0.05, 0) is 77.0 Å². The van der Waals surface area contributed by atoms with Crippen molar-refractivity contribution < 1.29 is 42.1 Å². The number of phosphoric ester groups is 1. The minimum absolute atomic E-state index is 0.0559. The maximum absolute atomic E-state index is 12.6. The Hall–Kier alpha value is -3.59. The molecule has 320 valence electrons. The molecule has 0 heterocycles. The fourth-order valence-corrected chi connectivity index (χ4v) is 5.34. The van der Waals surface area contributed by atoms with Gasteiger partial charge in [0.1, 0.15) is 19.8 Å². The molecular formula is C47H74NO8P. The predicted molar refractivity (Wildman–Crippen MR) is 235 cm³/mol. The van der Waals surface area contributed by atoms with Crippen LogP contribution in [0.1, 0.15) is 110 Å². The fourth-order valence-electron chi connectivity index (χ4n) is 4.62. The van der Waals surface area contributed by atoms with Crippen molar-refractivity contribution in [1.29, 1.82) is 0 Å². The molecule has 10 heteroatoms. The van der Waals surface area contributed by atoms with E-state index in [4.69, 9.17) is 18.5 Å². The van der Waals surface area contributed by atoms with Crippen LogP contribution in [0.3, 0.4) is 0 Å². The molecule has 0 aromatic rings. The van der Waals surface area contributed by atoms with Crippen molar-refractivity contribution in [2.45, 2.75) is 116 Å². The molecule has 9 nitrogen and oxygen atoms in total. The van der Waals surface area contributed by atoms with Crippen LogP contribution in [0.25, 0.3) is 0 Å². The molecule has 0 fully saturated rings. The number of nitrogens with zero attached hydrogens (tertiary/aromatic N) is 1. The van der Waals surface area contributed by atoms with Crippen LogP contribution in [0.5, 0.6) is 0 Å². The summed E-state index contributed by atoms with van der Waals surface area (Å²) in [5.74, 6) is -0.967. The SMILES string of the molecule is CC/C=C/C=C/C=C/C=C/CCCCCC(=O)OC(COC(=O)CCC/C=C/C/C=C/C/C=C/C/C=C/C/C=C/C/C=C/CC)COP(=O)([O-])OCC[N+](C)(C)C. The first-order chi connectivity index (χ1) is 27.5. The molecule has 0 radical (unpaired) electrons. The van der Waals surface area contributed by atoms with Crippen molar-refractivity contribution in [1.82, 2.24) is 0 Å². The first-order valence-corrected chi connectivity index (χ1v) is 22.3. The van der Waals surface area contributed by atoms with Gasteiger partial charge in [-0.3, -0.25) is 14.2 Å². The van der Waals surface area contributed by atoms with Gasteiger partial charge in [-0.25, -0.2) is 0 Å². The summed E-state index contributed by atoms with van der Waals surface area (Å²) in [7, 11) is 1.08. The summed E-state index contributed by atoms with van der Waals surface area (Å²) in [6.07, 6.45) is 52.4. The van der Waals surface area contributed by atoms with Gasteiger partial charge < -0.3 is 27.9 Å². The number of quaternary nitrogens is 1. The number of carbonyl (C=O) groups excluding carboxylic acids is 2. The second-order valence-electron chi connectivity index (χ2n) is 14.3. The van der Waals surface area contributed by atoms with E-state index in [1.807, 2.05) is 63.7 Å². The second-order valence-corrected chi connectivity index (χ2v) is 15.7. The third-order valence-corrected chi connectivity index (χ3v) is 8.79. The molecule has 0 bridgehead atoms. The van der Waals surface area contributed by atoms with Crippen molar-refractivity contribution >= 4 is 19.8 Å². The number of likely N-dealkylation sites (N-methyl/N-ethyl adjacent to an activating group) is 1. The van der Waals surface area contributed by atoms with Crippen LogP contribution in [0.15, 0.2) is 122 Å². The summed E-state index contributed by atoms with van der Waals surface area (Å²) in [6, 6.07) is 0. The van der Waals surface area contributed by atoms with Gasteiger partial charge in [0, 0.05) is 12.8 Å². The second kappa shape index (κ2) is 38.0. The molecule has 2 atom stereocenters. The highest BCUT2D eigenvalue weighted by molar-refractivity contribution is 7.45. The minimum atomic E-state index is -4.66. The molecule has 0 spiro atoms. The summed E-state index contributed by atoms with van der Waals surface area (Å²) in [5, 5.41) is 0. The Morgan fingerprint density at radius 1 is 0.561 bits per heavy atom. The van der Waals surface area contributed by atoms with Gasteiger partial charge in [0.15, 0.2) is 6.10 Å². The molecular weight excluding hydrogens is 737 g/mol. The van der Waals surface area contributed by atoms with Crippen molar-refractivity contribution in [3.05, 3.63) is 122 Å². The maximum atomic E-state index is 12.6. The van der Waals surface area contributed by atoms with E-state index < -0.39 is 32.5 Å². The zero-order valence-electron chi connectivity index (χ0n) is 35.7. The number of carbonyl (C=O) groups is 2. The van der Waals surface area contributed by atoms with Gasteiger partial charge in [-0.1, -0.05) is 142 Å². The number of hydrogen-bond donors (Lipinski definition) is 0. The quantitative estimate of drug-likeness (QED) is 0.0155. The highest BCUT2D eigenvalue weighted by atomic mass is 31.2. The Kier molecular flexibility index (Phi) is 35.6. The average Bonchev–Trinajstić information content (AvgIpc) is 3.16. The summed E-state index contributed by atoms with van der Waals surface area (Å²) < 4.78 is 33.7. The highest BCUT2D eigenvalue weighted by Gasteiger charge is 2.21. The Morgan fingerprint density at radius 2 is 1.05 bits per heavy atom. The van der Waals surface area contributed by atoms with Crippen LogP contribution in [0, 0.1) is 0 Å². The lowest BCUT2D eigenvalue weighted by molar-refractivity contribution is -0.870. The van der Waals surface area contributed by atoms with E-state index in [0.29, 0.717) is 30.3 Å². The number of esters is 2. The number of unbranched alkanes of at least 4 members (excludes halogenated alkanes) is 4. The van der Waals surface area contributed by atoms with Crippen molar-refractivity contribution in [3.63, 3.8) is 0 Å². The maximum Gasteiger partial charge on any atom is 0.306 e. The normalized spacial score (nSPS) is 14.8. The number of ether oxygens (including phenoxy) is 2. The standard InChI is InChI=1S/C47H74NO8P/c1-6-8-10-12-14-16-18-20-21-22-23-24-25-26-28-29-31-33-35-37-39-46(49)53-43-45(44-55-57(51,52)54-42-41-48(3,4)5)56-47(50)40-38-36-34-32-30-27-19-17-15-13-11-9-7-2/h8-11,13-17,19-21,23-24,26-28,30-31,33,45H,6-7,12,18,22,25,29,32,34-44H2,1-5H3/b10-8+,11-9+,15-13+,16-14+,19-17+,21-20+,24-23+,28-26+,30-27+,33-31+. The zero-order valence-corrected chi connectivity index (χ0v) is 36.6. The Labute approximate surface area is 346 Å². The lowest BCUT2D eigenvalue weighted by atomic mass is 10.1. The van der Waals surface area contributed by atoms with Gasteiger partial charge in [0.2, 0.25) is 0 Å². The number of allylic oxidation sites excluding steroid dienone is 20. The third-order valence-electron chi connectivity index (χ3n) is 7.82. The monoisotopic (exact) mass is 812 g/mol. The third kappa shape index (κ3) is 41.9.